The third-order valence-electron chi connectivity index (χ3n) is 3.61. The highest BCUT2D eigenvalue weighted by molar-refractivity contribution is 6.32. The summed E-state index contributed by atoms with van der Waals surface area (Å²) in [6.45, 7) is 4.05. The summed E-state index contributed by atoms with van der Waals surface area (Å²) in [5, 5.41) is 12.0. The molecule has 0 saturated heterocycles. The average Bonchev–Trinajstić information content (AvgIpc) is 3.12. The Kier molecular flexibility index (Phi) is 5.46. The quantitative estimate of drug-likeness (QED) is 0.561. The molecule has 0 bridgehead atoms. The minimum absolute atomic E-state index is 0.00336. The Hall–Kier alpha value is -3.26. The van der Waals surface area contributed by atoms with Gasteiger partial charge in [-0.1, -0.05) is 24.2 Å². The van der Waals surface area contributed by atoms with Gasteiger partial charge in [0, 0.05) is 36.3 Å². The molecule has 0 fully saturated rings. The molecular formula is C18H14ClF2N5O. The van der Waals surface area contributed by atoms with Crippen molar-refractivity contribution in [3.8, 4) is 0 Å². The van der Waals surface area contributed by atoms with Crippen molar-refractivity contribution in [1.29, 1.82) is 0 Å². The standard InChI is InChI=1S/C18H14ClF2N5O/c1-10(12-5-14(20)15(21)6-13(12)19)24-17-7-16(25-26-17)18(27)23-9-11-3-2-4-22-8-11/h2-8H,1,9H2,(H,23,27)(H2,24,25,26). The minimum Gasteiger partial charge on any atom is -0.347 e. The van der Waals surface area contributed by atoms with Crippen molar-refractivity contribution in [3.63, 3.8) is 0 Å². The number of aromatic nitrogens is 3. The number of rotatable bonds is 6. The first kappa shape index (κ1) is 18.5. The van der Waals surface area contributed by atoms with Gasteiger partial charge in [0.25, 0.3) is 5.91 Å². The van der Waals surface area contributed by atoms with Crippen LogP contribution in [0.4, 0.5) is 14.6 Å². The van der Waals surface area contributed by atoms with Crippen molar-refractivity contribution in [1.82, 2.24) is 20.5 Å². The number of H-pyrrole nitrogens is 1. The number of hydrogen-bond acceptors (Lipinski definition) is 4. The van der Waals surface area contributed by atoms with E-state index in [0.29, 0.717) is 6.54 Å². The number of nitrogens with zero attached hydrogens (tertiary/aromatic N) is 2. The lowest BCUT2D eigenvalue weighted by Crippen LogP contribution is -2.23. The fourth-order valence-electron chi connectivity index (χ4n) is 2.26. The van der Waals surface area contributed by atoms with E-state index in [1.165, 1.54) is 6.07 Å². The number of pyridine rings is 1. The topological polar surface area (TPSA) is 82.7 Å². The van der Waals surface area contributed by atoms with Crippen LogP contribution in [-0.4, -0.2) is 21.1 Å². The molecule has 3 aromatic rings. The lowest BCUT2D eigenvalue weighted by atomic mass is 10.1. The van der Waals surface area contributed by atoms with Gasteiger partial charge in [-0.15, -0.1) is 0 Å². The van der Waals surface area contributed by atoms with Crippen LogP contribution >= 0.6 is 11.6 Å². The Morgan fingerprint density at radius 1 is 1.26 bits per heavy atom. The van der Waals surface area contributed by atoms with Crippen LogP contribution in [0.25, 0.3) is 5.70 Å². The molecule has 138 valence electrons. The zero-order chi connectivity index (χ0) is 19.4. The van der Waals surface area contributed by atoms with E-state index in [1.54, 1.807) is 18.5 Å². The second-order valence-corrected chi connectivity index (χ2v) is 5.97. The first-order valence-electron chi connectivity index (χ1n) is 7.77. The van der Waals surface area contributed by atoms with E-state index in [1.807, 2.05) is 6.07 Å². The summed E-state index contributed by atoms with van der Waals surface area (Å²) in [7, 11) is 0. The third kappa shape index (κ3) is 4.48. The molecule has 3 N–H and O–H groups in total. The number of nitrogens with one attached hydrogen (secondary N) is 3. The second kappa shape index (κ2) is 7.96. The fourth-order valence-corrected chi connectivity index (χ4v) is 2.52. The van der Waals surface area contributed by atoms with Gasteiger partial charge >= 0.3 is 0 Å². The van der Waals surface area contributed by atoms with Crippen molar-refractivity contribution in [3.05, 3.63) is 82.8 Å². The summed E-state index contributed by atoms with van der Waals surface area (Å²) >= 11 is 5.91. The number of carbonyl (C=O) groups excluding carboxylic acids is 1. The summed E-state index contributed by atoms with van der Waals surface area (Å²) in [6, 6.07) is 6.86. The van der Waals surface area contributed by atoms with E-state index >= 15 is 0 Å². The number of carbonyl (C=O) groups is 1. The van der Waals surface area contributed by atoms with E-state index in [-0.39, 0.29) is 33.7 Å². The normalized spacial score (nSPS) is 10.5. The van der Waals surface area contributed by atoms with Gasteiger partial charge in [0.1, 0.15) is 5.69 Å². The number of amides is 1. The molecule has 6 nitrogen and oxygen atoms in total. The predicted molar refractivity (Wildman–Crippen MR) is 98.0 cm³/mol. The molecule has 0 atom stereocenters. The highest BCUT2D eigenvalue weighted by atomic mass is 35.5. The van der Waals surface area contributed by atoms with Gasteiger partial charge < -0.3 is 10.6 Å². The van der Waals surface area contributed by atoms with Crippen molar-refractivity contribution in [2.75, 3.05) is 5.32 Å². The maximum absolute atomic E-state index is 13.4. The molecule has 0 radical (unpaired) electrons. The maximum atomic E-state index is 13.4. The lowest BCUT2D eigenvalue weighted by molar-refractivity contribution is 0.0946. The summed E-state index contributed by atoms with van der Waals surface area (Å²) < 4.78 is 26.6. The van der Waals surface area contributed by atoms with Gasteiger partial charge in [0.2, 0.25) is 0 Å². The summed E-state index contributed by atoms with van der Waals surface area (Å²) in [5.41, 5.74) is 1.45. The molecule has 0 saturated carbocycles. The van der Waals surface area contributed by atoms with Gasteiger partial charge in [-0.25, -0.2) is 8.78 Å². The van der Waals surface area contributed by atoms with Gasteiger partial charge in [0.15, 0.2) is 17.5 Å². The van der Waals surface area contributed by atoms with E-state index in [9.17, 15) is 13.6 Å². The molecule has 3 rings (SSSR count). The zero-order valence-electron chi connectivity index (χ0n) is 13.9. The number of benzene rings is 1. The van der Waals surface area contributed by atoms with Crippen LogP contribution in [-0.2, 0) is 6.54 Å². The van der Waals surface area contributed by atoms with Crippen molar-refractivity contribution < 1.29 is 13.6 Å². The van der Waals surface area contributed by atoms with Crippen molar-refractivity contribution in [2.24, 2.45) is 0 Å². The molecule has 0 unspecified atom stereocenters. The van der Waals surface area contributed by atoms with Gasteiger partial charge in [-0.05, 0) is 23.8 Å². The van der Waals surface area contributed by atoms with Crippen LogP contribution in [0, 0.1) is 11.6 Å². The van der Waals surface area contributed by atoms with E-state index in [4.69, 9.17) is 11.6 Å². The van der Waals surface area contributed by atoms with Crippen LogP contribution in [0.1, 0.15) is 21.6 Å². The van der Waals surface area contributed by atoms with Crippen molar-refractivity contribution >= 4 is 29.0 Å². The van der Waals surface area contributed by atoms with E-state index < -0.39 is 11.6 Å². The number of anilines is 1. The molecule has 1 amide bonds. The molecule has 0 aliphatic heterocycles. The Balaban J connectivity index is 1.64. The summed E-state index contributed by atoms with van der Waals surface area (Å²) in [4.78, 5) is 16.1. The van der Waals surface area contributed by atoms with Gasteiger partial charge in [-0.3, -0.25) is 14.9 Å². The highest BCUT2D eigenvalue weighted by Gasteiger charge is 2.14. The summed E-state index contributed by atoms with van der Waals surface area (Å²) in [5.74, 6) is -2.19. The molecular weight excluding hydrogens is 376 g/mol. The van der Waals surface area contributed by atoms with E-state index in [2.05, 4.69) is 32.4 Å². The maximum Gasteiger partial charge on any atom is 0.269 e. The first-order chi connectivity index (χ1) is 12.9. The molecule has 2 aromatic heterocycles. The largest absolute Gasteiger partial charge is 0.347 e. The molecule has 9 heteroatoms. The Bertz CT molecular complexity index is 991. The molecule has 0 aliphatic rings. The Morgan fingerprint density at radius 3 is 2.78 bits per heavy atom. The number of halogens is 3. The molecule has 27 heavy (non-hydrogen) atoms. The molecule has 0 spiro atoms. The number of hydrogen-bond donors (Lipinski definition) is 3. The average molecular weight is 390 g/mol. The predicted octanol–water partition coefficient (Wildman–Crippen LogP) is 3.75. The summed E-state index contributed by atoms with van der Waals surface area (Å²) in [6.07, 6.45) is 3.29. The SMILES string of the molecule is C=C(Nc1cc(C(=O)NCc2cccnc2)[nH]n1)c1cc(F)c(F)cc1Cl. The zero-order valence-corrected chi connectivity index (χ0v) is 14.6. The van der Waals surface area contributed by atoms with Gasteiger partial charge in [0.05, 0.1) is 5.02 Å². The molecule has 1 aromatic carbocycles. The molecule has 0 aliphatic carbocycles. The number of aromatic amines is 1. The van der Waals surface area contributed by atoms with Gasteiger partial charge in [-0.2, -0.15) is 5.10 Å². The lowest BCUT2D eigenvalue weighted by Gasteiger charge is -2.09. The monoisotopic (exact) mass is 389 g/mol. The third-order valence-corrected chi connectivity index (χ3v) is 3.93. The van der Waals surface area contributed by atoms with Crippen molar-refractivity contribution in [2.45, 2.75) is 6.54 Å². The fraction of sp³-hybridized carbons (Fsp3) is 0.0556. The Labute approximate surface area is 158 Å². The van der Waals surface area contributed by atoms with Crippen LogP contribution in [0.2, 0.25) is 5.02 Å². The van der Waals surface area contributed by atoms with E-state index in [0.717, 1.165) is 17.7 Å². The van der Waals surface area contributed by atoms with Crippen LogP contribution in [0.3, 0.4) is 0 Å². The molecule has 2 heterocycles. The second-order valence-electron chi connectivity index (χ2n) is 5.56. The smallest absolute Gasteiger partial charge is 0.269 e. The van der Waals surface area contributed by atoms with Crippen LogP contribution < -0.4 is 10.6 Å². The first-order valence-corrected chi connectivity index (χ1v) is 8.15. The Morgan fingerprint density at radius 2 is 2.04 bits per heavy atom. The van der Waals surface area contributed by atoms with Crippen LogP contribution in [0.5, 0.6) is 0 Å². The highest BCUT2D eigenvalue weighted by Crippen LogP contribution is 2.26. The minimum atomic E-state index is -1.05. The van der Waals surface area contributed by atoms with Crippen LogP contribution in [0.15, 0.2) is 49.3 Å².